The molecule has 2 rings (SSSR count). The first-order valence-electron chi connectivity index (χ1n) is 5.86. The molecule has 11 heteroatoms. The summed E-state index contributed by atoms with van der Waals surface area (Å²) in [4.78, 5) is 32.3. The molecule has 114 valence electrons. The summed E-state index contributed by atoms with van der Waals surface area (Å²) in [5.41, 5.74) is 0.441. The molecule has 0 bridgehead atoms. The molecule has 0 aliphatic rings. The number of nitro groups is 1. The predicted octanol–water partition coefficient (Wildman–Crippen LogP) is 0.0229. The van der Waals surface area contributed by atoms with E-state index in [4.69, 9.17) is 9.84 Å². The number of aliphatic carboxylic acids is 1. The number of ether oxygens (including phenoxy) is 1. The Kier molecular flexibility index (Phi) is 4.36. The van der Waals surface area contributed by atoms with E-state index in [1.54, 1.807) is 0 Å². The van der Waals surface area contributed by atoms with Gasteiger partial charge >= 0.3 is 11.9 Å². The van der Waals surface area contributed by atoms with Gasteiger partial charge in [-0.3, -0.25) is 14.9 Å². The van der Waals surface area contributed by atoms with Crippen molar-refractivity contribution < 1.29 is 24.4 Å². The van der Waals surface area contributed by atoms with E-state index < -0.39 is 23.4 Å². The third-order valence-corrected chi connectivity index (χ3v) is 2.52. The average Bonchev–Trinajstić information content (AvgIpc) is 2.92. The van der Waals surface area contributed by atoms with Crippen LogP contribution in [0.15, 0.2) is 24.3 Å². The summed E-state index contributed by atoms with van der Waals surface area (Å²) in [6.07, 6.45) is 0. The lowest BCUT2D eigenvalue weighted by molar-refractivity contribution is -0.384. The molecule has 0 atom stereocenters. The minimum Gasteiger partial charge on any atom is -0.480 e. The summed E-state index contributed by atoms with van der Waals surface area (Å²) in [6.45, 7) is -0.730. The number of carbonyl (C=O) groups excluding carboxylic acids is 1. The van der Waals surface area contributed by atoms with E-state index in [1.165, 1.54) is 24.3 Å². The van der Waals surface area contributed by atoms with E-state index in [0.29, 0.717) is 5.56 Å². The Morgan fingerprint density at radius 1 is 1.32 bits per heavy atom. The van der Waals surface area contributed by atoms with E-state index in [2.05, 4.69) is 15.5 Å². The van der Waals surface area contributed by atoms with Crippen LogP contribution in [-0.2, 0) is 22.7 Å². The maximum Gasteiger partial charge on any atom is 0.378 e. The van der Waals surface area contributed by atoms with Gasteiger partial charge in [0.2, 0.25) is 0 Å². The van der Waals surface area contributed by atoms with Crippen LogP contribution in [0.3, 0.4) is 0 Å². The molecule has 22 heavy (non-hydrogen) atoms. The number of non-ortho nitro benzene ring substituents is 1. The van der Waals surface area contributed by atoms with Gasteiger partial charge in [-0.05, 0) is 28.1 Å². The van der Waals surface area contributed by atoms with Gasteiger partial charge in [0.15, 0.2) is 0 Å². The summed E-state index contributed by atoms with van der Waals surface area (Å²) < 4.78 is 5.72. The van der Waals surface area contributed by atoms with Crippen molar-refractivity contribution >= 4 is 17.6 Å². The molecule has 0 aliphatic heterocycles. The van der Waals surface area contributed by atoms with Crippen LogP contribution in [0.5, 0.6) is 0 Å². The molecule has 1 aromatic heterocycles. The molecule has 1 N–H and O–H groups in total. The Morgan fingerprint density at radius 3 is 2.59 bits per heavy atom. The van der Waals surface area contributed by atoms with Crippen LogP contribution >= 0.6 is 0 Å². The highest BCUT2D eigenvalue weighted by Gasteiger charge is 2.19. The van der Waals surface area contributed by atoms with Crippen LogP contribution in [0.2, 0.25) is 0 Å². The monoisotopic (exact) mass is 307 g/mol. The van der Waals surface area contributed by atoms with Crippen molar-refractivity contribution in [3.05, 3.63) is 45.8 Å². The third kappa shape index (κ3) is 3.59. The lowest BCUT2D eigenvalue weighted by atomic mass is 10.2. The van der Waals surface area contributed by atoms with Crippen LogP contribution in [-0.4, -0.2) is 42.2 Å². The molecule has 1 heterocycles. The van der Waals surface area contributed by atoms with Gasteiger partial charge in [0, 0.05) is 12.1 Å². The summed E-state index contributed by atoms with van der Waals surface area (Å²) in [5, 5.41) is 29.1. The Bertz CT molecular complexity index is 710. The number of benzene rings is 1. The molecule has 0 spiro atoms. The molecule has 0 amide bonds. The van der Waals surface area contributed by atoms with Crippen LogP contribution < -0.4 is 0 Å². The van der Waals surface area contributed by atoms with Crippen molar-refractivity contribution in [2.24, 2.45) is 0 Å². The second kappa shape index (κ2) is 6.39. The molecule has 0 unspecified atom stereocenters. The topological polar surface area (TPSA) is 150 Å². The number of carboxylic acid groups (broad SMARTS) is 1. The number of carboxylic acids is 1. The highest BCUT2D eigenvalue weighted by Crippen LogP contribution is 2.13. The van der Waals surface area contributed by atoms with E-state index in [-0.39, 0.29) is 18.1 Å². The van der Waals surface area contributed by atoms with Gasteiger partial charge in [0.05, 0.1) is 4.92 Å². The number of hydrogen-bond acceptors (Lipinski definition) is 8. The second-order valence-electron chi connectivity index (χ2n) is 4.05. The van der Waals surface area contributed by atoms with Gasteiger partial charge in [0.1, 0.15) is 13.2 Å². The Morgan fingerprint density at radius 2 is 2.00 bits per heavy atom. The lowest BCUT2D eigenvalue weighted by Gasteiger charge is -2.04. The molecule has 11 nitrogen and oxygen atoms in total. The van der Waals surface area contributed by atoms with Crippen LogP contribution in [0, 0.1) is 10.1 Å². The standard InChI is InChI=1S/C11H9N5O6/c17-9(18)5-15-10(12-13-14-15)11(19)22-6-7-1-3-8(4-2-7)16(20)21/h1-4H,5-6H2,(H,17,18). The molecule has 0 saturated carbocycles. The molecule has 1 aromatic carbocycles. The fraction of sp³-hybridized carbons (Fsp3) is 0.182. The summed E-state index contributed by atoms with van der Waals surface area (Å²) in [7, 11) is 0. The van der Waals surface area contributed by atoms with Gasteiger partial charge in [-0.15, -0.1) is 5.10 Å². The van der Waals surface area contributed by atoms with E-state index in [9.17, 15) is 19.7 Å². The fourth-order valence-corrected chi connectivity index (χ4v) is 1.51. The number of nitrogens with zero attached hydrogens (tertiary/aromatic N) is 5. The lowest BCUT2D eigenvalue weighted by Crippen LogP contribution is -2.18. The summed E-state index contributed by atoms with van der Waals surface area (Å²) in [6, 6.07) is 5.42. The van der Waals surface area contributed by atoms with Crippen LogP contribution in [0.4, 0.5) is 5.69 Å². The first-order valence-corrected chi connectivity index (χ1v) is 5.86. The van der Waals surface area contributed by atoms with Crippen molar-refractivity contribution in [3.8, 4) is 0 Å². The predicted molar refractivity (Wildman–Crippen MR) is 67.7 cm³/mol. The first-order chi connectivity index (χ1) is 10.5. The van der Waals surface area contributed by atoms with Crippen molar-refractivity contribution in [3.63, 3.8) is 0 Å². The van der Waals surface area contributed by atoms with Gasteiger partial charge in [-0.25, -0.2) is 9.48 Å². The number of hydrogen-bond donors (Lipinski definition) is 1. The fourth-order valence-electron chi connectivity index (χ4n) is 1.51. The largest absolute Gasteiger partial charge is 0.480 e. The van der Waals surface area contributed by atoms with Gasteiger partial charge in [-0.2, -0.15) is 0 Å². The number of rotatable bonds is 6. The van der Waals surface area contributed by atoms with Crippen molar-refractivity contribution in [1.82, 2.24) is 20.2 Å². The van der Waals surface area contributed by atoms with Crippen LogP contribution in [0.25, 0.3) is 0 Å². The summed E-state index contributed by atoms with van der Waals surface area (Å²) >= 11 is 0. The third-order valence-electron chi connectivity index (χ3n) is 2.52. The van der Waals surface area contributed by atoms with Crippen molar-refractivity contribution in [2.45, 2.75) is 13.2 Å². The SMILES string of the molecule is O=C(O)Cn1nnnc1C(=O)OCc1ccc([N+](=O)[O-])cc1. The Hall–Kier alpha value is -3.37. The smallest absolute Gasteiger partial charge is 0.378 e. The zero-order chi connectivity index (χ0) is 16.1. The zero-order valence-electron chi connectivity index (χ0n) is 10.9. The van der Waals surface area contributed by atoms with Gasteiger partial charge < -0.3 is 9.84 Å². The maximum absolute atomic E-state index is 11.8. The van der Waals surface area contributed by atoms with Crippen molar-refractivity contribution in [2.75, 3.05) is 0 Å². The van der Waals surface area contributed by atoms with Crippen LogP contribution in [0.1, 0.15) is 16.2 Å². The molecule has 0 aliphatic carbocycles. The minimum atomic E-state index is -1.21. The zero-order valence-corrected chi connectivity index (χ0v) is 10.9. The molecule has 0 saturated heterocycles. The molecular weight excluding hydrogens is 298 g/mol. The first kappa shape index (κ1) is 15.0. The maximum atomic E-state index is 11.8. The van der Waals surface area contributed by atoms with Crippen molar-refractivity contribution in [1.29, 1.82) is 0 Å². The Labute approximate surface area is 122 Å². The molecule has 2 aromatic rings. The quantitative estimate of drug-likeness (QED) is 0.442. The number of aromatic nitrogens is 4. The number of nitro benzene ring substituents is 1. The molecule has 0 radical (unpaired) electrons. The normalized spacial score (nSPS) is 10.2. The highest BCUT2D eigenvalue weighted by molar-refractivity contribution is 5.85. The van der Waals surface area contributed by atoms with E-state index in [0.717, 1.165) is 4.68 Å². The minimum absolute atomic E-state index is 0.0829. The Balaban J connectivity index is 1.99. The second-order valence-corrected chi connectivity index (χ2v) is 4.05. The summed E-state index contributed by atoms with van der Waals surface area (Å²) in [5.74, 6) is -2.45. The van der Waals surface area contributed by atoms with E-state index >= 15 is 0 Å². The number of carbonyl (C=O) groups is 2. The van der Waals surface area contributed by atoms with Gasteiger partial charge in [-0.1, -0.05) is 0 Å². The van der Waals surface area contributed by atoms with Gasteiger partial charge in [0.25, 0.3) is 11.5 Å². The van der Waals surface area contributed by atoms with E-state index in [1.807, 2.05) is 0 Å². The highest BCUT2D eigenvalue weighted by atomic mass is 16.6. The molecule has 0 fully saturated rings. The number of tetrazole rings is 1. The average molecular weight is 307 g/mol. The number of esters is 1. The molecular formula is C11H9N5O6.